The van der Waals surface area contributed by atoms with E-state index in [1.54, 1.807) is 18.3 Å². The second-order valence-electron chi connectivity index (χ2n) is 9.58. The molecule has 7 heteroatoms. The van der Waals surface area contributed by atoms with Crippen LogP contribution in [0.3, 0.4) is 0 Å². The van der Waals surface area contributed by atoms with Crippen molar-refractivity contribution in [3.8, 4) is 0 Å². The average molecular weight is 442 g/mol. The third-order valence-corrected chi connectivity index (χ3v) is 6.69. The topological polar surface area (TPSA) is 78.5 Å². The molecule has 2 unspecified atom stereocenters. The number of hydrogen-bond acceptors (Lipinski definition) is 4. The van der Waals surface area contributed by atoms with Crippen molar-refractivity contribution >= 4 is 29.2 Å². The first-order valence-corrected chi connectivity index (χ1v) is 11.4. The van der Waals surface area contributed by atoms with E-state index >= 15 is 0 Å². The largest absolute Gasteiger partial charge is 0.347 e. The standard InChI is InChI=1S/C24H31N3O3S/c1-15(2)20(18-8-7-13-31-18)25-19(28)14-27-21(29)24(6,26-22(27)30)17-11-9-16(10-12-17)23(3,4)5/h7-13,15,20H,14H2,1-6H3,(H,25,28)(H,26,30). The summed E-state index contributed by atoms with van der Waals surface area (Å²) in [5.74, 6) is -0.603. The zero-order valence-electron chi connectivity index (χ0n) is 19.0. The number of rotatable bonds is 6. The molecule has 2 atom stereocenters. The number of amides is 4. The molecule has 1 saturated heterocycles. The first-order valence-electron chi connectivity index (χ1n) is 10.5. The van der Waals surface area contributed by atoms with Crippen LogP contribution < -0.4 is 10.6 Å². The van der Waals surface area contributed by atoms with Crippen LogP contribution in [0.2, 0.25) is 0 Å². The van der Waals surface area contributed by atoms with E-state index in [4.69, 9.17) is 0 Å². The SMILES string of the molecule is CC(C)C(NC(=O)CN1C(=O)NC(C)(c2ccc(C(C)(C)C)cc2)C1=O)c1cccs1. The molecule has 3 rings (SSSR count). The van der Waals surface area contributed by atoms with Crippen LogP contribution >= 0.6 is 11.3 Å². The van der Waals surface area contributed by atoms with Gasteiger partial charge in [0.25, 0.3) is 5.91 Å². The summed E-state index contributed by atoms with van der Waals surface area (Å²) in [7, 11) is 0. The predicted molar refractivity (Wildman–Crippen MR) is 123 cm³/mol. The highest BCUT2D eigenvalue weighted by Gasteiger charge is 2.49. The zero-order valence-corrected chi connectivity index (χ0v) is 19.8. The monoisotopic (exact) mass is 441 g/mol. The van der Waals surface area contributed by atoms with Crippen LogP contribution in [0, 0.1) is 5.92 Å². The molecule has 2 aromatic rings. The lowest BCUT2D eigenvalue weighted by Crippen LogP contribution is -2.44. The van der Waals surface area contributed by atoms with Gasteiger partial charge in [-0.05, 0) is 40.8 Å². The first-order chi connectivity index (χ1) is 14.4. The van der Waals surface area contributed by atoms with Crippen LogP contribution in [0.5, 0.6) is 0 Å². The second-order valence-corrected chi connectivity index (χ2v) is 10.6. The Bertz CT molecular complexity index is 961. The minimum atomic E-state index is -1.20. The number of benzene rings is 1. The van der Waals surface area contributed by atoms with Gasteiger partial charge in [0.15, 0.2) is 0 Å². The molecule has 1 aliphatic rings. The highest BCUT2D eigenvalue weighted by molar-refractivity contribution is 7.10. The van der Waals surface area contributed by atoms with Gasteiger partial charge in [-0.1, -0.05) is 65.0 Å². The molecular formula is C24H31N3O3S. The first kappa shape index (κ1) is 23.0. The van der Waals surface area contributed by atoms with Gasteiger partial charge in [-0.25, -0.2) is 4.79 Å². The summed E-state index contributed by atoms with van der Waals surface area (Å²) in [6.45, 7) is 11.8. The molecule has 31 heavy (non-hydrogen) atoms. The number of carbonyl (C=O) groups excluding carboxylic acids is 3. The fraction of sp³-hybridized carbons (Fsp3) is 0.458. The molecule has 1 aromatic heterocycles. The van der Waals surface area contributed by atoms with Gasteiger partial charge in [0.05, 0.1) is 6.04 Å². The summed E-state index contributed by atoms with van der Waals surface area (Å²) in [6, 6.07) is 10.9. The molecule has 2 N–H and O–H groups in total. The fourth-order valence-corrected chi connectivity index (χ4v) is 4.69. The smallest absolute Gasteiger partial charge is 0.325 e. The van der Waals surface area contributed by atoms with Gasteiger partial charge in [0.2, 0.25) is 5.91 Å². The van der Waals surface area contributed by atoms with E-state index in [-0.39, 0.29) is 29.8 Å². The molecule has 6 nitrogen and oxygen atoms in total. The Balaban J connectivity index is 1.74. The van der Waals surface area contributed by atoms with Crippen LogP contribution in [0.1, 0.15) is 63.6 Å². The average Bonchev–Trinajstić information content (AvgIpc) is 3.29. The Kier molecular flexibility index (Phi) is 6.28. The molecule has 2 heterocycles. The summed E-state index contributed by atoms with van der Waals surface area (Å²) < 4.78 is 0. The van der Waals surface area contributed by atoms with E-state index in [2.05, 4.69) is 31.4 Å². The molecule has 1 aliphatic heterocycles. The van der Waals surface area contributed by atoms with Crippen molar-refractivity contribution in [2.24, 2.45) is 5.92 Å². The van der Waals surface area contributed by atoms with Gasteiger partial charge in [-0.2, -0.15) is 0 Å². The highest BCUT2D eigenvalue weighted by Crippen LogP contribution is 2.31. The van der Waals surface area contributed by atoms with Crippen LogP contribution in [-0.4, -0.2) is 29.3 Å². The molecule has 0 aliphatic carbocycles. The number of nitrogens with one attached hydrogen (secondary N) is 2. The van der Waals surface area contributed by atoms with E-state index in [1.807, 2.05) is 55.6 Å². The lowest BCUT2D eigenvalue weighted by molar-refractivity contribution is -0.135. The van der Waals surface area contributed by atoms with E-state index in [1.165, 1.54) is 0 Å². The number of hydrogen-bond donors (Lipinski definition) is 2. The molecule has 0 radical (unpaired) electrons. The van der Waals surface area contributed by atoms with Crippen molar-refractivity contribution in [1.82, 2.24) is 15.5 Å². The summed E-state index contributed by atoms with van der Waals surface area (Å²) in [6.07, 6.45) is 0. The van der Waals surface area contributed by atoms with E-state index in [0.717, 1.165) is 15.3 Å². The normalized spacial score (nSPS) is 20.2. The Hall–Kier alpha value is -2.67. The van der Waals surface area contributed by atoms with Crippen molar-refractivity contribution in [2.75, 3.05) is 6.54 Å². The Labute approximate surface area is 188 Å². The van der Waals surface area contributed by atoms with Gasteiger partial charge >= 0.3 is 6.03 Å². The zero-order chi connectivity index (χ0) is 23.0. The Morgan fingerprint density at radius 3 is 2.32 bits per heavy atom. The summed E-state index contributed by atoms with van der Waals surface area (Å²) in [5.41, 5.74) is 0.627. The summed E-state index contributed by atoms with van der Waals surface area (Å²) in [4.78, 5) is 40.5. The van der Waals surface area contributed by atoms with Crippen LogP contribution in [0.25, 0.3) is 0 Å². The second kappa shape index (κ2) is 8.46. The third kappa shape index (κ3) is 4.66. The minimum absolute atomic E-state index is 0.0119. The molecule has 1 aromatic carbocycles. The fourth-order valence-electron chi connectivity index (χ4n) is 3.74. The van der Waals surface area contributed by atoms with Crippen molar-refractivity contribution in [3.63, 3.8) is 0 Å². The van der Waals surface area contributed by atoms with E-state index in [9.17, 15) is 14.4 Å². The quantitative estimate of drug-likeness (QED) is 0.655. The lowest BCUT2D eigenvalue weighted by atomic mass is 9.84. The molecule has 0 saturated carbocycles. The van der Waals surface area contributed by atoms with E-state index < -0.39 is 17.5 Å². The maximum absolute atomic E-state index is 13.2. The molecule has 4 amide bonds. The molecule has 1 fully saturated rings. The van der Waals surface area contributed by atoms with Gasteiger partial charge < -0.3 is 10.6 Å². The Morgan fingerprint density at radius 2 is 1.81 bits per heavy atom. The number of thiophene rings is 1. The van der Waals surface area contributed by atoms with Gasteiger partial charge in [0, 0.05) is 4.88 Å². The summed E-state index contributed by atoms with van der Waals surface area (Å²) in [5, 5.41) is 7.71. The van der Waals surface area contributed by atoms with Crippen molar-refractivity contribution in [2.45, 2.75) is 58.5 Å². The molecule has 0 bridgehead atoms. The molecule has 0 spiro atoms. The van der Waals surface area contributed by atoms with E-state index in [0.29, 0.717) is 5.56 Å². The maximum atomic E-state index is 13.2. The van der Waals surface area contributed by atoms with Crippen molar-refractivity contribution in [1.29, 1.82) is 0 Å². The number of carbonyl (C=O) groups is 3. The van der Waals surface area contributed by atoms with Gasteiger partial charge in [-0.15, -0.1) is 11.3 Å². The third-order valence-electron chi connectivity index (χ3n) is 5.74. The highest BCUT2D eigenvalue weighted by atomic mass is 32.1. The van der Waals surface area contributed by atoms with Crippen LogP contribution in [0.15, 0.2) is 41.8 Å². The van der Waals surface area contributed by atoms with Crippen molar-refractivity contribution in [3.05, 3.63) is 57.8 Å². The van der Waals surface area contributed by atoms with Crippen LogP contribution in [0.4, 0.5) is 4.79 Å². The number of nitrogens with zero attached hydrogens (tertiary/aromatic N) is 1. The number of urea groups is 1. The van der Waals surface area contributed by atoms with Crippen LogP contribution in [-0.2, 0) is 20.5 Å². The number of imide groups is 1. The Morgan fingerprint density at radius 1 is 1.16 bits per heavy atom. The summed E-state index contributed by atoms with van der Waals surface area (Å²) >= 11 is 1.57. The molecule has 166 valence electrons. The predicted octanol–water partition coefficient (Wildman–Crippen LogP) is 4.33. The van der Waals surface area contributed by atoms with Crippen molar-refractivity contribution < 1.29 is 14.4 Å². The minimum Gasteiger partial charge on any atom is -0.347 e. The molecular weight excluding hydrogens is 410 g/mol. The van der Waals surface area contributed by atoms with Gasteiger partial charge in [-0.3, -0.25) is 14.5 Å². The lowest BCUT2D eigenvalue weighted by Gasteiger charge is -2.25. The maximum Gasteiger partial charge on any atom is 0.325 e. The van der Waals surface area contributed by atoms with Gasteiger partial charge in [0.1, 0.15) is 12.1 Å².